The number of hydrogen-bond donors (Lipinski definition) is 0. The number of aromatic nitrogens is 1. The van der Waals surface area contributed by atoms with Crippen LogP contribution in [-0.4, -0.2) is 55.4 Å². The maximum Gasteiger partial charge on any atom is 0.419 e. The highest BCUT2D eigenvalue weighted by molar-refractivity contribution is 7.89. The van der Waals surface area contributed by atoms with E-state index >= 15 is 0 Å². The van der Waals surface area contributed by atoms with Crippen molar-refractivity contribution in [3.63, 3.8) is 0 Å². The summed E-state index contributed by atoms with van der Waals surface area (Å²) in [5.41, 5.74) is 0.875. The quantitative estimate of drug-likeness (QED) is 0.802. The lowest BCUT2D eigenvalue weighted by Gasteiger charge is -2.20. The normalized spacial score (nSPS) is 18.6. The molecule has 2 heterocycles. The third-order valence-electron chi connectivity index (χ3n) is 4.08. The lowest BCUT2D eigenvalue weighted by molar-refractivity contribution is 0.347. The van der Waals surface area contributed by atoms with Crippen LogP contribution in [0.25, 0.3) is 11.1 Å². The molecule has 0 unspecified atom stereocenters. The zero-order chi connectivity index (χ0) is 15.9. The molecule has 0 aliphatic carbocycles. The van der Waals surface area contributed by atoms with Gasteiger partial charge in [0, 0.05) is 26.7 Å². The Morgan fingerprint density at radius 1 is 1.09 bits per heavy atom. The van der Waals surface area contributed by atoms with Crippen molar-refractivity contribution in [1.82, 2.24) is 13.8 Å². The van der Waals surface area contributed by atoms with E-state index in [1.807, 2.05) is 7.05 Å². The Morgan fingerprint density at radius 3 is 2.64 bits per heavy atom. The second-order valence-electron chi connectivity index (χ2n) is 5.62. The summed E-state index contributed by atoms with van der Waals surface area (Å²) in [5.74, 6) is -0.499. The van der Waals surface area contributed by atoms with Crippen LogP contribution in [-0.2, 0) is 17.1 Å². The molecule has 0 radical (unpaired) electrons. The second kappa shape index (κ2) is 5.53. The summed E-state index contributed by atoms with van der Waals surface area (Å²) in [6.07, 6.45) is 0.808. The van der Waals surface area contributed by atoms with Crippen LogP contribution in [0.15, 0.2) is 32.3 Å². The number of nitrogens with zero attached hydrogens (tertiary/aromatic N) is 3. The van der Waals surface area contributed by atoms with Crippen molar-refractivity contribution in [2.24, 2.45) is 7.05 Å². The van der Waals surface area contributed by atoms with E-state index in [0.717, 1.165) is 13.0 Å². The van der Waals surface area contributed by atoms with Crippen LogP contribution >= 0.6 is 0 Å². The molecule has 1 aliphatic rings. The minimum absolute atomic E-state index is 0.195. The molecule has 0 atom stereocenters. The predicted molar refractivity (Wildman–Crippen MR) is 82.3 cm³/mol. The summed E-state index contributed by atoms with van der Waals surface area (Å²) >= 11 is 0. The first-order valence-corrected chi connectivity index (χ1v) is 8.62. The lowest BCUT2D eigenvalue weighted by Crippen LogP contribution is -2.34. The fourth-order valence-electron chi connectivity index (χ4n) is 2.68. The zero-order valence-electron chi connectivity index (χ0n) is 12.7. The molecule has 8 heteroatoms. The fourth-order valence-corrected chi connectivity index (χ4v) is 4.17. The molecule has 0 spiro atoms. The van der Waals surface area contributed by atoms with E-state index in [4.69, 9.17) is 4.42 Å². The van der Waals surface area contributed by atoms with Crippen molar-refractivity contribution in [3.05, 3.63) is 28.7 Å². The first-order valence-electron chi connectivity index (χ1n) is 7.18. The van der Waals surface area contributed by atoms with Gasteiger partial charge in [-0.2, -0.15) is 4.31 Å². The van der Waals surface area contributed by atoms with Gasteiger partial charge in [0.25, 0.3) is 0 Å². The topological polar surface area (TPSA) is 75.8 Å². The molecule has 1 aromatic carbocycles. The Kier molecular flexibility index (Phi) is 3.84. The van der Waals surface area contributed by atoms with Crippen LogP contribution in [0, 0.1) is 0 Å². The van der Waals surface area contributed by atoms with Crippen LogP contribution in [0.2, 0.25) is 0 Å². The van der Waals surface area contributed by atoms with Gasteiger partial charge in [0.05, 0.1) is 10.4 Å². The van der Waals surface area contributed by atoms with Gasteiger partial charge in [0.1, 0.15) is 0 Å². The van der Waals surface area contributed by atoms with Crippen LogP contribution in [0.1, 0.15) is 6.42 Å². The minimum atomic E-state index is -3.56. The second-order valence-corrected chi connectivity index (χ2v) is 7.56. The monoisotopic (exact) mass is 325 g/mol. The van der Waals surface area contributed by atoms with Crippen molar-refractivity contribution in [3.8, 4) is 0 Å². The standard InChI is InChI=1S/C14H19N3O4S/c1-15-6-3-7-17(9-8-15)22(19,20)11-4-5-13-12(10-11)16(2)14(18)21-13/h4-5,10H,3,6-9H2,1-2H3. The molecule has 0 amide bonds. The number of rotatable bonds is 2. The summed E-state index contributed by atoms with van der Waals surface area (Å²) < 4.78 is 33.5. The summed E-state index contributed by atoms with van der Waals surface area (Å²) in [4.78, 5) is 13.8. The van der Waals surface area contributed by atoms with Crippen LogP contribution in [0.3, 0.4) is 0 Å². The largest absolute Gasteiger partial charge is 0.419 e. The molecule has 1 aromatic heterocycles. The zero-order valence-corrected chi connectivity index (χ0v) is 13.5. The number of likely N-dealkylation sites (N-methyl/N-ethyl adjacent to an activating group) is 1. The van der Waals surface area contributed by atoms with Gasteiger partial charge in [-0.25, -0.2) is 13.2 Å². The van der Waals surface area contributed by atoms with Crippen molar-refractivity contribution in [2.75, 3.05) is 33.2 Å². The van der Waals surface area contributed by atoms with Crippen molar-refractivity contribution >= 4 is 21.1 Å². The number of sulfonamides is 1. The number of oxazole rings is 1. The minimum Gasteiger partial charge on any atom is -0.408 e. The van der Waals surface area contributed by atoms with Gasteiger partial charge < -0.3 is 9.32 Å². The van der Waals surface area contributed by atoms with Gasteiger partial charge >= 0.3 is 5.76 Å². The Hall–Kier alpha value is -1.64. The SMILES string of the molecule is CN1CCCN(S(=O)(=O)c2ccc3oc(=O)n(C)c3c2)CC1. The van der Waals surface area contributed by atoms with Gasteiger partial charge in [-0.15, -0.1) is 0 Å². The summed E-state index contributed by atoms with van der Waals surface area (Å²) in [6.45, 7) is 2.59. The highest BCUT2D eigenvalue weighted by atomic mass is 32.2. The molecular weight excluding hydrogens is 306 g/mol. The number of fused-ring (bicyclic) bond motifs is 1. The Morgan fingerprint density at radius 2 is 1.86 bits per heavy atom. The predicted octanol–water partition coefficient (Wildman–Crippen LogP) is 0.458. The third-order valence-corrected chi connectivity index (χ3v) is 5.97. The van der Waals surface area contributed by atoms with Gasteiger partial charge in [-0.1, -0.05) is 0 Å². The first kappa shape index (κ1) is 15.3. The van der Waals surface area contributed by atoms with Gasteiger partial charge in [0.15, 0.2) is 5.58 Å². The molecule has 22 heavy (non-hydrogen) atoms. The average Bonchev–Trinajstić information content (AvgIpc) is 2.65. The molecule has 0 bridgehead atoms. The van der Waals surface area contributed by atoms with Crippen molar-refractivity contribution in [1.29, 1.82) is 0 Å². The maximum atomic E-state index is 12.8. The molecule has 7 nitrogen and oxygen atoms in total. The summed E-state index contributed by atoms with van der Waals surface area (Å²) in [6, 6.07) is 4.53. The summed E-state index contributed by atoms with van der Waals surface area (Å²) in [7, 11) is -0.00765. The smallest absolute Gasteiger partial charge is 0.408 e. The van der Waals surface area contributed by atoms with Gasteiger partial charge in [0.2, 0.25) is 10.0 Å². The molecule has 3 rings (SSSR count). The number of benzene rings is 1. The van der Waals surface area contributed by atoms with E-state index in [0.29, 0.717) is 30.7 Å². The molecule has 120 valence electrons. The highest BCUT2D eigenvalue weighted by Gasteiger charge is 2.26. The third kappa shape index (κ3) is 2.57. The van der Waals surface area contributed by atoms with Gasteiger partial charge in [-0.3, -0.25) is 4.57 Å². The van der Waals surface area contributed by atoms with Crippen LogP contribution in [0.4, 0.5) is 0 Å². The van der Waals surface area contributed by atoms with Crippen molar-refractivity contribution < 1.29 is 12.8 Å². The Balaban J connectivity index is 2.01. The van der Waals surface area contributed by atoms with Gasteiger partial charge in [-0.05, 0) is 38.2 Å². The first-order chi connectivity index (χ1) is 10.4. The Bertz CT molecular complexity index is 853. The van der Waals surface area contributed by atoms with Crippen molar-refractivity contribution in [2.45, 2.75) is 11.3 Å². The summed E-state index contributed by atoms with van der Waals surface area (Å²) in [5, 5.41) is 0. The van der Waals surface area contributed by atoms with E-state index in [1.54, 1.807) is 7.05 Å². The molecule has 0 saturated carbocycles. The molecule has 2 aromatic rings. The molecular formula is C14H19N3O4S. The number of aryl methyl sites for hydroxylation is 1. The van der Waals surface area contributed by atoms with E-state index in [9.17, 15) is 13.2 Å². The molecule has 1 saturated heterocycles. The van der Waals surface area contributed by atoms with E-state index < -0.39 is 15.8 Å². The van der Waals surface area contributed by atoms with Crippen LogP contribution in [0.5, 0.6) is 0 Å². The maximum absolute atomic E-state index is 12.8. The lowest BCUT2D eigenvalue weighted by atomic mass is 10.3. The highest BCUT2D eigenvalue weighted by Crippen LogP contribution is 2.22. The average molecular weight is 325 g/mol. The fraction of sp³-hybridized carbons (Fsp3) is 0.500. The molecule has 1 aliphatic heterocycles. The van der Waals surface area contributed by atoms with Crippen LogP contribution < -0.4 is 5.76 Å². The number of hydrogen-bond acceptors (Lipinski definition) is 5. The molecule has 1 fully saturated rings. The van der Waals surface area contributed by atoms with E-state index in [2.05, 4.69) is 4.90 Å². The molecule has 0 N–H and O–H groups in total. The van der Waals surface area contributed by atoms with E-state index in [-0.39, 0.29) is 4.90 Å². The van der Waals surface area contributed by atoms with E-state index in [1.165, 1.54) is 27.1 Å². The Labute approximate surface area is 128 Å².